The summed E-state index contributed by atoms with van der Waals surface area (Å²) in [7, 11) is 1.61. The van der Waals surface area contributed by atoms with E-state index in [0.717, 1.165) is 31.5 Å². The molecular formula is C24H27N3O3. The number of ether oxygens (including phenoxy) is 1. The number of methoxy groups -OCH3 is 1. The summed E-state index contributed by atoms with van der Waals surface area (Å²) in [6, 6.07) is 18.0. The molecule has 0 saturated heterocycles. The van der Waals surface area contributed by atoms with E-state index < -0.39 is 0 Å². The number of aryl methyl sites for hydroxylation is 2. The minimum absolute atomic E-state index is 0.0809. The fourth-order valence-corrected chi connectivity index (χ4v) is 4.35. The van der Waals surface area contributed by atoms with Crippen molar-refractivity contribution in [1.82, 2.24) is 9.47 Å². The van der Waals surface area contributed by atoms with Crippen LogP contribution in [0.2, 0.25) is 0 Å². The lowest BCUT2D eigenvalue weighted by Crippen LogP contribution is -2.29. The van der Waals surface area contributed by atoms with Crippen molar-refractivity contribution >= 4 is 5.69 Å². The Labute approximate surface area is 176 Å². The number of benzene rings is 2. The standard InChI is InChI=1S/C24H27N3O3/c1-3-18-7-9-19(10-8-18)24-22-6-4-13-25(22)14-5-15-26(24)17-20-16-21(27(28)29)11-12-23(20)30-2/h4,6-13,16,24H,3,5,14-15,17H2,1-2H3/t24-/m1/s1. The molecule has 0 bridgehead atoms. The van der Waals surface area contributed by atoms with Gasteiger partial charge in [-0.1, -0.05) is 31.2 Å². The van der Waals surface area contributed by atoms with Crippen molar-refractivity contribution in [3.05, 3.63) is 93.3 Å². The van der Waals surface area contributed by atoms with E-state index in [-0.39, 0.29) is 16.7 Å². The van der Waals surface area contributed by atoms with Crippen LogP contribution in [0.1, 0.15) is 41.8 Å². The van der Waals surface area contributed by atoms with Crippen LogP contribution in [-0.2, 0) is 19.5 Å². The quantitative estimate of drug-likeness (QED) is 0.429. The van der Waals surface area contributed by atoms with Gasteiger partial charge in [-0.3, -0.25) is 15.0 Å². The Morgan fingerprint density at radius 3 is 2.63 bits per heavy atom. The largest absolute Gasteiger partial charge is 0.496 e. The molecule has 3 aromatic rings. The summed E-state index contributed by atoms with van der Waals surface area (Å²) in [6.07, 6.45) is 4.17. The van der Waals surface area contributed by atoms with Gasteiger partial charge in [0.05, 0.1) is 18.1 Å². The van der Waals surface area contributed by atoms with Crippen molar-refractivity contribution in [3.63, 3.8) is 0 Å². The van der Waals surface area contributed by atoms with Crippen molar-refractivity contribution in [1.29, 1.82) is 0 Å². The normalized spacial score (nSPS) is 16.7. The van der Waals surface area contributed by atoms with Gasteiger partial charge in [0.2, 0.25) is 0 Å². The molecule has 0 fully saturated rings. The molecule has 6 nitrogen and oxygen atoms in total. The zero-order valence-corrected chi connectivity index (χ0v) is 17.5. The summed E-state index contributed by atoms with van der Waals surface area (Å²) < 4.78 is 7.85. The molecule has 0 N–H and O–H groups in total. The predicted octanol–water partition coefficient (Wildman–Crippen LogP) is 4.96. The van der Waals surface area contributed by atoms with Crippen LogP contribution in [0.15, 0.2) is 60.8 Å². The van der Waals surface area contributed by atoms with E-state index in [1.165, 1.54) is 22.9 Å². The smallest absolute Gasteiger partial charge is 0.270 e. The lowest BCUT2D eigenvalue weighted by molar-refractivity contribution is -0.385. The van der Waals surface area contributed by atoms with Crippen LogP contribution >= 0.6 is 0 Å². The van der Waals surface area contributed by atoms with E-state index in [2.05, 4.69) is 59.0 Å². The Kier molecular flexibility index (Phi) is 5.86. The van der Waals surface area contributed by atoms with E-state index >= 15 is 0 Å². The molecule has 4 rings (SSSR count). The molecule has 1 aliphatic heterocycles. The number of aromatic nitrogens is 1. The third-order valence-electron chi connectivity index (χ3n) is 5.91. The molecular weight excluding hydrogens is 378 g/mol. The predicted molar refractivity (Wildman–Crippen MR) is 117 cm³/mol. The van der Waals surface area contributed by atoms with Gasteiger partial charge in [-0.05, 0) is 42.2 Å². The lowest BCUT2D eigenvalue weighted by atomic mass is 9.99. The second-order valence-electron chi connectivity index (χ2n) is 7.70. The molecule has 1 aliphatic rings. The van der Waals surface area contributed by atoms with Gasteiger partial charge in [-0.2, -0.15) is 0 Å². The molecule has 0 unspecified atom stereocenters. The molecule has 2 aromatic carbocycles. The van der Waals surface area contributed by atoms with E-state index in [4.69, 9.17) is 4.74 Å². The number of hydrogen-bond donors (Lipinski definition) is 0. The molecule has 0 saturated carbocycles. The van der Waals surface area contributed by atoms with Gasteiger partial charge in [0, 0.05) is 49.2 Å². The highest BCUT2D eigenvalue weighted by atomic mass is 16.6. The first kappa shape index (κ1) is 20.2. The van der Waals surface area contributed by atoms with Crippen LogP contribution in [0, 0.1) is 10.1 Å². The molecule has 2 heterocycles. The van der Waals surface area contributed by atoms with E-state index in [0.29, 0.717) is 12.3 Å². The number of fused-ring (bicyclic) bond motifs is 1. The van der Waals surface area contributed by atoms with Gasteiger partial charge >= 0.3 is 0 Å². The number of nitro benzene ring substituents is 1. The fraction of sp³-hybridized carbons (Fsp3) is 0.333. The van der Waals surface area contributed by atoms with Crippen molar-refractivity contribution < 1.29 is 9.66 Å². The Bertz CT molecular complexity index is 1030. The molecule has 1 atom stereocenters. The SMILES string of the molecule is CCc1ccc([C@@H]2c3cccn3CCCN2Cc2cc([N+](=O)[O-])ccc2OC)cc1. The molecule has 0 amide bonds. The maximum Gasteiger partial charge on any atom is 0.270 e. The summed E-state index contributed by atoms with van der Waals surface area (Å²) in [5.41, 5.74) is 4.73. The van der Waals surface area contributed by atoms with Crippen molar-refractivity contribution in [2.45, 2.75) is 38.9 Å². The number of nitro groups is 1. The molecule has 0 spiro atoms. The van der Waals surface area contributed by atoms with Crippen molar-refractivity contribution in [3.8, 4) is 5.75 Å². The maximum absolute atomic E-state index is 11.3. The van der Waals surface area contributed by atoms with Crippen LogP contribution in [0.4, 0.5) is 5.69 Å². The van der Waals surface area contributed by atoms with Gasteiger partial charge in [-0.25, -0.2) is 0 Å². The number of nitrogens with zero attached hydrogens (tertiary/aromatic N) is 3. The number of non-ortho nitro benzene ring substituents is 1. The van der Waals surface area contributed by atoms with Gasteiger partial charge in [0.25, 0.3) is 5.69 Å². The van der Waals surface area contributed by atoms with Gasteiger partial charge in [-0.15, -0.1) is 0 Å². The molecule has 0 aliphatic carbocycles. The first-order valence-electron chi connectivity index (χ1n) is 10.4. The maximum atomic E-state index is 11.3. The minimum Gasteiger partial charge on any atom is -0.496 e. The first-order valence-corrected chi connectivity index (χ1v) is 10.4. The highest BCUT2D eigenvalue weighted by Gasteiger charge is 2.28. The molecule has 6 heteroatoms. The second kappa shape index (κ2) is 8.71. The molecule has 0 radical (unpaired) electrons. The summed E-state index contributed by atoms with van der Waals surface area (Å²) in [6.45, 7) is 4.60. The Balaban J connectivity index is 1.75. The minimum atomic E-state index is -0.350. The Hall–Kier alpha value is -3.12. The van der Waals surface area contributed by atoms with Crippen LogP contribution in [-0.4, -0.2) is 28.0 Å². The van der Waals surface area contributed by atoms with Gasteiger partial charge < -0.3 is 9.30 Å². The van der Waals surface area contributed by atoms with E-state index in [9.17, 15) is 10.1 Å². The van der Waals surface area contributed by atoms with Crippen LogP contribution < -0.4 is 4.74 Å². The summed E-state index contributed by atoms with van der Waals surface area (Å²) in [5.74, 6) is 0.681. The average molecular weight is 405 g/mol. The average Bonchev–Trinajstić information content (AvgIpc) is 3.15. The summed E-state index contributed by atoms with van der Waals surface area (Å²) in [4.78, 5) is 13.4. The number of rotatable bonds is 6. The third-order valence-corrected chi connectivity index (χ3v) is 5.91. The van der Waals surface area contributed by atoms with Crippen molar-refractivity contribution in [2.24, 2.45) is 0 Å². The summed E-state index contributed by atoms with van der Waals surface area (Å²) in [5, 5.41) is 11.3. The highest BCUT2D eigenvalue weighted by Crippen LogP contribution is 2.35. The van der Waals surface area contributed by atoms with Gasteiger partial charge in [0.1, 0.15) is 5.75 Å². The number of hydrogen-bond acceptors (Lipinski definition) is 4. The van der Waals surface area contributed by atoms with Crippen LogP contribution in [0.5, 0.6) is 5.75 Å². The van der Waals surface area contributed by atoms with E-state index in [1.54, 1.807) is 19.2 Å². The Morgan fingerprint density at radius 1 is 1.13 bits per heavy atom. The fourth-order valence-electron chi connectivity index (χ4n) is 4.35. The molecule has 30 heavy (non-hydrogen) atoms. The summed E-state index contributed by atoms with van der Waals surface area (Å²) >= 11 is 0. The topological polar surface area (TPSA) is 60.5 Å². The van der Waals surface area contributed by atoms with Crippen molar-refractivity contribution in [2.75, 3.05) is 13.7 Å². The lowest BCUT2D eigenvalue weighted by Gasteiger charge is -2.31. The highest BCUT2D eigenvalue weighted by molar-refractivity contribution is 5.44. The monoisotopic (exact) mass is 405 g/mol. The zero-order valence-electron chi connectivity index (χ0n) is 17.5. The van der Waals surface area contributed by atoms with Crippen LogP contribution in [0.25, 0.3) is 0 Å². The van der Waals surface area contributed by atoms with Gasteiger partial charge in [0.15, 0.2) is 0 Å². The second-order valence-corrected chi connectivity index (χ2v) is 7.70. The molecule has 1 aromatic heterocycles. The zero-order chi connectivity index (χ0) is 21.1. The molecule has 156 valence electrons. The first-order chi connectivity index (χ1) is 14.6. The van der Waals surface area contributed by atoms with Crippen LogP contribution in [0.3, 0.4) is 0 Å². The Morgan fingerprint density at radius 2 is 1.93 bits per heavy atom. The van der Waals surface area contributed by atoms with E-state index in [1.807, 2.05) is 0 Å². The third kappa shape index (κ3) is 3.96.